The van der Waals surface area contributed by atoms with Crippen molar-refractivity contribution in [1.82, 2.24) is 9.38 Å². The summed E-state index contributed by atoms with van der Waals surface area (Å²) < 4.78 is 13.6. The van der Waals surface area contributed by atoms with Gasteiger partial charge in [-0.05, 0) is 45.4 Å². The van der Waals surface area contributed by atoms with Gasteiger partial charge < -0.3 is 19.0 Å². The van der Waals surface area contributed by atoms with Crippen LogP contribution in [-0.4, -0.2) is 38.8 Å². The number of pyridine rings is 1. The maximum Gasteiger partial charge on any atom is 0.341 e. The van der Waals surface area contributed by atoms with Crippen LogP contribution in [0.1, 0.15) is 55.6 Å². The summed E-state index contributed by atoms with van der Waals surface area (Å²) in [6.07, 6.45) is 7.87. The van der Waals surface area contributed by atoms with Gasteiger partial charge in [0.05, 0.1) is 24.0 Å². The van der Waals surface area contributed by atoms with Gasteiger partial charge in [0, 0.05) is 23.9 Å². The van der Waals surface area contributed by atoms with E-state index < -0.39 is 5.97 Å². The molecule has 4 heterocycles. The average molecular weight is 342 g/mol. The summed E-state index contributed by atoms with van der Waals surface area (Å²) in [6.45, 7) is 4.84. The number of nitrogens with zero attached hydrogens (tertiary/aromatic N) is 2. The van der Waals surface area contributed by atoms with Crippen molar-refractivity contribution in [3.8, 4) is 5.75 Å². The van der Waals surface area contributed by atoms with Crippen molar-refractivity contribution in [1.29, 1.82) is 0 Å². The Labute approximate surface area is 145 Å². The number of imidazole rings is 1. The van der Waals surface area contributed by atoms with Crippen LogP contribution in [0, 0.1) is 5.92 Å². The van der Waals surface area contributed by atoms with Crippen LogP contribution >= 0.6 is 0 Å². The molecule has 6 heteroatoms. The fraction of sp³-hybridized carbons (Fsp3) is 0.579. The highest BCUT2D eigenvalue weighted by Crippen LogP contribution is 2.58. The number of hydrogen-bond acceptors (Lipinski definition) is 4. The minimum atomic E-state index is -0.978. The molecule has 6 nitrogen and oxygen atoms in total. The molecule has 2 bridgehead atoms. The number of carbonyl (C=O) groups is 1. The van der Waals surface area contributed by atoms with Crippen LogP contribution in [0.3, 0.4) is 0 Å². The molecule has 2 saturated heterocycles. The molecule has 1 unspecified atom stereocenters. The molecule has 25 heavy (non-hydrogen) atoms. The van der Waals surface area contributed by atoms with Crippen molar-refractivity contribution in [3.05, 3.63) is 29.7 Å². The average Bonchev–Trinajstić information content (AvgIpc) is 3.10. The summed E-state index contributed by atoms with van der Waals surface area (Å²) in [5.74, 6) is -0.0285. The van der Waals surface area contributed by atoms with E-state index >= 15 is 0 Å². The lowest BCUT2D eigenvalue weighted by atomic mass is 9.62. The first-order valence-electron chi connectivity index (χ1n) is 8.95. The topological polar surface area (TPSA) is 73.1 Å². The summed E-state index contributed by atoms with van der Waals surface area (Å²) in [4.78, 5) is 16.4. The van der Waals surface area contributed by atoms with Gasteiger partial charge >= 0.3 is 5.97 Å². The zero-order chi connectivity index (χ0) is 17.4. The lowest BCUT2D eigenvalue weighted by molar-refractivity contribution is 0.0154. The van der Waals surface area contributed by atoms with Crippen molar-refractivity contribution in [2.75, 3.05) is 6.61 Å². The third-order valence-corrected chi connectivity index (χ3v) is 6.05. The lowest BCUT2D eigenvalue weighted by Crippen LogP contribution is -2.45. The SMILES string of the molecule is CC(Oc1cc2nc(C34COC(C)(C3)C4)cn2cc1C(=O)O)C1CC1. The molecule has 0 aromatic carbocycles. The Morgan fingerprint density at radius 1 is 1.44 bits per heavy atom. The van der Waals surface area contributed by atoms with E-state index in [1.807, 2.05) is 13.1 Å². The Morgan fingerprint density at radius 3 is 2.80 bits per heavy atom. The van der Waals surface area contributed by atoms with Crippen LogP contribution in [0.4, 0.5) is 0 Å². The van der Waals surface area contributed by atoms with Gasteiger partial charge in [-0.3, -0.25) is 0 Å². The van der Waals surface area contributed by atoms with Gasteiger partial charge in [-0.15, -0.1) is 0 Å². The quantitative estimate of drug-likeness (QED) is 0.904. The zero-order valence-electron chi connectivity index (χ0n) is 14.5. The lowest BCUT2D eigenvalue weighted by Gasteiger charge is -2.41. The Bertz CT molecular complexity index is 877. The molecular formula is C19H22N2O4. The third-order valence-electron chi connectivity index (χ3n) is 6.05. The predicted molar refractivity (Wildman–Crippen MR) is 90.2 cm³/mol. The highest BCUT2D eigenvalue weighted by atomic mass is 16.5. The summed E-state index contributed by atoms with van der Waals surface area (Å²) in [5.41, 5.74) is 1.89. The fourth-order valence-electron chi connectivity index (χ4n) is 4.54. The number of rotatable bonds is 5. The third kappa shape index (κ3) is 2.27. The Balaban J connectivity index is 1.53. The minimum Gasteiger partial charge on any atom is -0.489 e. The van der Waals surface area contributed by atoms with E-state index in [4.69, 9.17) is 14.5 Å². The predicted octanol–water partition coefficient (Wildman–Crippen LogP) is 3.03. The van der Waals surface area contributed by atoms with Crippen LogP contribution in [0.15, 0.2) is 18.5 Å². The number of fused-ring (bicyclic) bond motifs is 2. The molecule has 0 radical (unpaired) electrons. The van der Waals surface area contributed by atoms with Crippen molar-refractivity contribution in [3.63, 3.8) is 0 Å². The molecule has 1 N–H and O–H groups in total. The molecule has 0 spiro atoms. The van der Waals surface area contributed by atoms with Crippen LogP contribution in [-0.2, 0) is 10.2 Å². The molecule has 2 aliphatic carbocycles. The van der Waals surface area contributed by atoms with E-state index in [2.05, 4.69) is 6.92 Å². The second-order valence-electron chi connectivity index (χ2n) is 8.28. The van der Waals surface area contributed by atoms with Crippen molar-refractivity contribution in [2.45, 2.75) is 56.7 Å². The molecule has 6 rings (SSSR count). The van der Waals surface area contributed by atoms with Gasteiger partial charge in [0.1, 0.15) is 17.0 Å². The number of ether oxygens (including phenoxy) is 2. The van der Waals surface area contributed by atoms with Crippen molar-refractivity contribution < 1.29 is 19.4 Å². The second-order valence-corrected chi connectivity index (χ2v) is 8.28. The van der Waals surface area contributed by atoms with Crippen LogP contribution in [0.2, 0.25) is 0 Å². The first-order valence-corrected chi connectivity index (χ1v) is 8.95. The summed E-state index contributed by atoms with van der Waals surface area (Å²) in [5, 5.41) is 9.57. The highest BCUT2D eigenvalue weighted by Gasteiger charge is 2.61. The molecule has 2 saturated carbocycles. The largest absolute Gasteiger partial charge is 0.489 e. The summed E-state index contributed by atoms with van der Waals surface area (Å²) in [7, 11) is 0. The Hall–Kier alpha value is -2.08. The molecular weight excluding hydrogens is 320 g/mol. The summed E-state index contributed by atoms with van der Waals surface area (Å²) in [6, 6.07) is 1.76. The van der Waals surface area contributed by atoms with Crippen LogP contribution < -0.4 is 4.74 Å². The number of hydrogen-bond donors (Lipinski definition) is 1. The number of carboxylic acid groups (broad SMARTS) is 1. The Kier molecular flexibility index (Phi) is 2.89. The van der Waals surface area contributed by atoms with E-state index in [0.29, 0.717) is 18.3 Å². The minimum absolute atomic E-state index is 0.00397. The first kappa shape index (κ1) is 15.2. The second kappa shape index (κ2) is 4.75. The maximum absolute atomic E-state index is 11.7. The highest BCUT2D eigenvalue weighted by molar-refractivity contribution is 5.91. The normalized spacial score (nSPS) is 31.8. The molecule has 0 amide bonds. The van der Waals surface area contributed by atoms with Crippen LogP contribution in [0.5, 0.6) is 5.75 Å². The van der Waals surface area contributed by atoms with E-state index in [9.17, 15) is 9.90 Å². The van der Waals surface area contributed by atoms with Gasteiger partial charge in [0.25, 0.3) is 0 Å². The molecule has 2 aromatic rings. The summed E-state index contributed by atoms with van der Waals surface area (Å²) >= 11 is 0. The number of carboxylic acids is 1. The molecule has 4 aliphatic rings. The monoisotopic (exact) mass is 342 g/mol. The van der Waals surface area contributed by atoms with Crippen molar-refractivity contribution in [2.24, 2.45) is 5.92 Å². The standard InChI is InChI=1S/C19H22N2O4/c1-11(12-3-4-12)25-14-5-16-20-15(7-21(16)6-13(14)17(22)23)19-8-18(2,9-19)24-10-19/h5-7,11-12H,3-4,8-10H2,1-2H3,(H,22,23). The van der Waals surface area contributed by atoms with E-state index in [1.54, 1.807) is 16.7 Å². The molecule has 132 valence electrons. The van der Waals surface area contributed by atoms with Crippen LogP contribution in [0.25, 0.3) is 5.65 Å². The van der Waals surface area contributed by atoms with Gasteiger partial charge in [-0.25, -0.2) is 9.78 Å². The zero-order valence-corrected chi connectivity index (χ0v) is 14.5. The van der Waals surface area contributed by atoms with E-state index in [-0.39, 0.29) is 22.7 Å². The van der Waals surface area contributed by atoms with Gasteiger partial charge in [0.2, 0.25) is 0 Å². The number of aromatic nitrogens is 2. The molecule has 4 fully saturated rings. The Morgan fingerprint density at radius 2 is 2.20 bits per heavy atom. The maximum atomic E-state index is 11.7. The van der Waals surface area contributed by atoms with Gasteiger partial charge in [-0.1, -0.05) is 0 Å². The van der Waals surface area contributed by atoms with Crippen molar-refractivity contribution >= 4 is 11.6 Å². The van der Waals surface area contributed by atoms with Gasteiger partial charge in [0.15, 0.2) is 0 Å². The smallest absolute Gasteiger partial charge is 0.341 e. The van der Waals surface area contributed by atoms with E-state index in [0.717, 1.165) is 37.0 Å². The van der Waals surface area contributed by atoms with E-state index in [1.165, 1.54) is 0 Å². The molecule has 2 aromatic heterocycles. The number of aromatic carboxylic acids is 1. The van der Waals surface area contributed by atoms with Gasteiger partial charge in [-0.2, -0.15) is 0 Å². The fourth-order valence-corrected chi connectivity index (χ4v) is 4.54. The molecule has 2 aliphatic heterocycles. The first-order chi connectivity index (χ1) is 11.9. The molecule has 1 atom stereocenters.